The number of amides is 1. The number of imidazole rings is 1. The molecule has 1 saturated heterocycles. The Balaban J connectivity index is 0.000000913. The molecular formula is C22H28N6O4. The summed E-state index contributed by atoms with van der Waals surface area (Å²) < 4.78 is 7.31. The van der Waals surface area contributed by atoms with E-state index in [-0.39, 0.29) is 12.4 Å². The van der Waals surface area contributed by atoms with Crippen molar-refractivity contribution < 1.29 is 19.4 Å². The molecule has 0 unspecified atom stereocenters. The third kappa shape index (κ3) is 5.86. The van der Waals surface area contributed by atoms with Gasteiger partial charge in [0, 0.05) is 64.6 Å². The van der Waals surface area contributed by atoms with Gasteiger partial charge in [0.15, 0.2) is 0 Å². The van der Waals surface area contributed by atoms with Gasteiger partial charge in [0.25, 0.3) is 12.4 Å². The molecule has 0 aliphatic carbocycles. The number of aromatic nitrogens is 4. The van der Waals surface area contributed by atoms with E-state index in [0.29, 0.717) is 24.2 Å². The fourth-order valence-corrected chi connectivity index (χ4v) is 3.75. The lowest BCUT2D eigenvalue weighted by atomic mass is 10.1. The molecule has 0 radical (unpaired) electrons. The number of nitrogens with zero attached hydrogens (tertiary/aromatic N) is 6. The number of fused-ring (bicyclic) bond motifs is 1. The van der Waals surface area contributed by atoms with E-state index in [9.17, 15) is 4.79 Å². The first kappa shape index (κ1) is 23.3. The van der Waals surface area contributed by atoms with E-state index in [0.717, 1.165) is 50.5 Å². The quantitative estimate of drug-likeness (QED) is 0.574. The summed E-state index contributed by atoms with van der Waals surface area (Å²) in [5.41, 5.74) is 2.04. The highest BCUT2D eigenvalue weighted by atomic mass is 16.5. The lowest BCUT2D eigenvalue weighted by molar-refractivity contribution is -0.122. The molecule has 1 aliphatic rings. The smallest absolute Gasteiger partial charge is 0.290 e. The lowest BCUT2D eigenvalue weighted by Gasteiger charge is -2.22. The highest BCUT2D eigenvalue weighted by Crippen LogP contribution is 2.17. The molecule has 3 aromatic rings. The minimum atomic E-state index is -0.250. The highest BCUT2D eigenvalue weighted by molar-refractivity contribution is 6.04. The number of para-hydroxylation sites is 1. The Labute approximate surface area is 186 Å². The molecule has 0 atom stereocenters. The molecule has 10 heteroatoms. The van der Waals surface area contributed by atoms with Crippen LogP contribution in [-0.4, -0.2) is 86.7 Å². The van der Waals surface area contributed by atoms with Crippen LogP contribution in [0.25, 0.3) is 11.0 Å². The summed E-state index contributed by atoms with van der Waals surface area (Å²) in [5, 5.41) is 6.89. The van der Waals surface area contributed by atoms with E-state index in [1.807, 2.05) is 35.5 Å². The van der Waals surface area contributed by atoms with Crippen LogP contribution in [0.5, 0.6) is 0 Å². The fraction of sp³-hybridized carbons (Fsp3) is 0.409. The molecule has 4 rings (SSSR count). The number of carbonyl (C=O) groups is 2. The Kier molecular flexibility index (Phi) is 8.64. The number of methoxy groups -OCH3 is 1. The van der Waals surface area contributed by atoms with Gasteiger partial charge in [-0.1, -0.05) is 6.07 Å². The standard InChI is InChI=1S/C21H26N6O2.CH2O2/c1-29-15-14-26-11-8-23-19(26)16-25-9-3-10-27(13-12-25)21(28)17-4-2-5-18-20(17)24-7-6-22-18;2-1-3/h2,4-8,11H,3,9-10,12-16H2,1H3;1H,(H,2,3). The minimum absolute atomic E-state index is 0.0274. The zero-order chi connectivity index (χ0) is 22.8. The Morgan fingerprint density at radius 3 is 2.75 bits per heavy atom. The second-order valence-electron chi connectivity index (χ2n) is 7.29. The van der Waals surface area contributed by atoms with E-state index >= 15 is 0 Å². The number of benzene rings is 1. The molecule has 1 aliphatic heterocycles. The maximum Gasteiger partial charge on any atom is 0.290 e. The van der Waals surface area contributed by atoms with Crippen LogP contribution in [0.3, 0.4) is 0 Å². The van der Waals surface area contributed by atoms with Crippen molar-refractivity contribution in [2.45, 2.75) is 19.5 Å². The van der Waals surface area contributed by atoms with Crippen LogP contribution in [0.2, 0.25) is 0 Å². The van der Waals surface area contributed by atoms with Crippen LogP contribution in [0, 0.1) is 0 Å². The number of ether oxygens (including phenoxy) is 1. The van der Waals surface area contributed by atoms with Gasteiger partial charge < -0.3 is 19.3 Å². The van der Waals surface area contributed by atoms with Gasteiger partial charge in [0.1, 0.15) is 11.3 Å². The van der Waals surface area contributed by atoms with Crippen molar-refractivity contribution in [2.24, 2.45) is 0 Å². The van der Waals surface area contributed by atoms with E-state index in [4.69, 9.17) is 14.6 Å². The Morgan fingerprint density at radius 1 is 1.12 bits per heavy atom. The molecule has 10 nitrogen and oxygen atoms in total. The number of hydrogen-bond donors (Lipinski definition) is 1. The van der Waals surface area contributed by atoms with Crippen molar-refractivity contribution in [3.05, 3.63) is 54.4 Å². The van der Waals surface area contributed by atoms with E-state index in [1.54, 1.807) is 19.5 Å². The summed E-state index contributed by atoms with van der Waals surface area (Å²) >= 11 is 0. The second kappa shape index (κ2) is 11.9. The predicted octanol–water partition coefficient (Wildman–Crippen LogP) is 1.52. The van der Waals surface area contributed by atoms with Gasteiger partial charge in [0.05, 0.1) is 24.2 Å². The van der Waals surface area contributed by atoms with Crippen LogP contribution in [0.4, 0.5) is 0 Å². The van der Waals surface area contributed by atoms with E-state index in [2.05, 4.69) is 24.4 Å². The first-order valence-electron chi connectivity index (χ1n) is 10.5. The van der Waals surface area contributed by atoms with Crippen LogP contribution in [-0.2, 0) is 22.6 Å². The molecule has 170 valence electrons. The molecular weight excluding hydrogens is 412 g/mol. The highest BCUT2D eigenvalue weighted by Gasteiger charge is 2.23. The van der Waals surface area contributed by atoms with Gasteiger partial charge in [-0.05, 0) is 18.6 Å². The monoisotopic (exact) mass is 440 g/mol. The first-order valence-corrected chi connectivity index (χ1v) is 10.5. The lowest BCUT2D eigenvalue weighted by Crippen LogP contribution is -2.35. The largest absolute Gasteiger partial charge is 0.483 e. The van der Waals surface area contributed by atoms with Gasteiger partial charge in [-0.2, -0.15) is 0 Å². The molecule has 0 spiro atoms. The van der Waals surface area contributed by atoms with Crippen molar-refractivity contribution >= 4 is 23.4 Å². The molecule has 3 heterocycles. The Bertz CT molecular complexity index is 1020. The molecule has 32 heavy (non-hydrogen) atoms. The fourth-order valence-electron chi connectivity index (χ4n) is 3.75. The van der Waals surface area contributed by atoms with Crippen molar-refractivity contribution in [2.75, 3.05) is 39.9 Å². The number of hydrogen-bond acceptors (Lipinski definition) is 7. The summed E-state index contributed by atoms with van der Waals surface area (Å²) in [6.07, 6.45) is 8.04. The van der Waals surface area contributed by atoms with Gasteiger partial charge in [0.2, 0.25) is 0 Å². The van der Waals surface area contributed by atoms with Crippen molar-refractivity contribution in [1.29, 1.82) is 0 Å². The average Bonchev–Trinajstić information content (AvgIpc) is 3.12. The predicted molar refractivity (Wildman–Crippen MR) is 118 cm³/mol. The second-order valence-corrected chi connectivity index (χ2v) is 7.29. The number of carbonyl (C=O) groups excluding carboxylic acids is 1. The molecule has 1 aromatic carbocycles. The van der Waals surface area contributed by atoms with E-state index < -0.39 is 0 Å². The maximum atomic E-state index is 13.2. The van der Waals surface area contributed by atoms with Gasteiger partial charge in [-0.25, -0.2) is 4.98 Å². The maximum absolute atomic E-state index is 13.2. The third-order valence-corrected chi connectivity index (χ3v) is 5.31. The minimum Gasteiger partial charge on any atom is -0.483 e. The Morgan fingerprint density at radius 2 is 1.94 bits per heavy atom. The topological polar surface area (TPSA) is 114 Å². The number of rotatable bonds is 6. The summed E-state index contributed by atoms with van der Waals surface area (Å²) in [6.45, 7) is 5.18. The Hall–Kier alpha value is -3.37. The average molecular weight is 441 g/mol. The summed E-state index contributed by atoms with van der Waals surface area (Å²) in [7, 11) is 1.71. The molecule has 2 aromatic heterocycles. The zero-order valence-corrected chi connectivity index (χ0v) is 18.1. The van der Waals surface area contributed by atoms with Crippen LogP contribution in [0.1, 0.15) is 22.6 Å². The normalized spacial score (nSPS) is 14.5. The van der Waals surface area contributed by atoms with Crippen molar-refractivity contribution in [3.63, 3.8) is 0 Å². The molecule has 1 N–H and O–H groups in total. The molecule has 0 bridgehead atoms. The first-order chi connectivity index (χ1) is 15.7. The summed E-state index contributed by atoms with van der Waals surface area (Å²) in [4.78, 5) is 39.0. The third-order valence-electron chi connectivity index (χ3n) is 5.31. The summed E-state index contributed by atoms with van der Waals surface area (Å²) in [6, 6.07) is 5.60. The van der Waals surface area contributed by atoms with Gasteiger partial charge in [-0.3, -0.25) is 24.5 Å². The molecule has 1 fully saturated rings. The van der Waals surface area contributed by atoms with Crippen molar-refractivity contribution in [1.82, 2.24) is 29.3 Å². The summed E-state index contributed by atoms with van der Waals surface area (Å²) in [5.74, 6) is 1.06. The van der Waals surface area contributed by atoms with E-state index in [1.165, 1.54) is 0 Å². The molecule has 0 saturated carbocycles. The van der Waals surface area contributed by atoms with Crippen LogP contribution < -0.4 is 0 Å². The van der Waals surface area contributed by atoms with Crippen molar-refractivity contribution in [3.8, 4) is 0 Å². The zero-order valence-electron chi connectivity index (χ0n) is 18.1. The molecule has 1 amide bonds. The van der Waals surface area contributed by atoms with Gasteiger partial charge in [-0.15, -0.1) is 0 Å². The van der Waals surface area contributed by atoms with Gasteiger partial charge >= 0.3 is 0 Å². The van der Waals surface area contributed by atoms with Crippen LogP contribution in [0.15, 0.2) is 43.0 Å². The SMILES string of the molecule is COCCn1ccnc1CN1CCCN(C(=O)c2cccc3nccnc23)CC1.O=CO. The number of carboxylic acid groups (broad SMARTS) is 1. The van der Waals surface area contributed by atoms with Crippen LogP contribution >= 0.6 is 0 Å².